The maximum atomic E-state index is 6.20. The third-order valence-electron chi connectivity index (χ3n) is 4.01. The summed E-state index contributed by atoms with van der Waals surface area (Å²) in [4.78, 5) is 9.10. The number of H-pyrrole nitrogens is 1. The van der Waals surface area contributed by atoms with E-state index in [9.17, 15) is 0 Å². The van der Waals surface area contributed by atoms with Crippen LogP contribution >= 0.6 is 35.6 Å². The molecule has 0 unspecified atom stereocenters. The Morgan fingerprint density at radius 3 is 2.59 bits per heavy atom. The zero-order chi connectivity index (χ0) is 19.8. The first-order valence-electron chi connectivity index (χ1n) is 9.01. The average Bonchev–Trinajstić information content (AvgIpc) is 3.20. The number of aromatic amines is 1. The van der Waals surface area contributed by atoms with E-state index in [-0.39, 0.29) is 24.0 Å². The van der Waals surface area contributed by atoms with Gasteiger partial charge in [-0.1, -0.05) is 29.8 Å². The minimum Gasteiger partial charge on any atom is -0.497 e. The summed E-state index contributed by atoms with van der Waals surface area (Å²) in [5, 5.41) is 14.4. The largest absolute Gasteiger partial charge is 0.497 e. The number of aliphatic imine (C=N–C) groups is 1. The molecular formula is C20H24ClIN6O. The molecule has 0 aliphatic heterocycles. The lowest BCUT2D eigenvalue weighted by Crippen LogP contribution is -2.37. The van der Waals surface area contributed by atoms with E-state index in [1.807, 2.05) is 55.5 Å². The Morgan fingerprint density at radius 2 is 1.90 bits per heavy atom. The molecule has 3 rings (SSSR count). The Hall–Kier alpha value is -2.33. The van der Waals surface area contributed by atoms with Crippen molar-refractivity contribution in [2.24, 2.45) is 4.99 Å². The highest BCUT2D eigenvalue weighted by atomic mass is 127. The number of halogens is 2. The third-order valence-corrected chi connectivity index (χ3v) is 4.38. The Bertz CT molecular complexity index is 929. The van der Waals surface area contributed by atoms with E-state index in [0.717, 1.165) is 23.4 Å². The quantitative estimate of drug-likeness (QED) is 0.246. The number of benzene rings is 2. The fourth-order valence-corrected chi connectivity index (χ4v) is 2.74. The van der Waals surface area contributed by atoms with Crippen molar-refractivity contribution in [2.45, 2.75) is 20.0 Å². The summed E-state index contributed by atoms with van der Waals surface area (Å²) in [6.07, 6.45) is 0. The van der Waals surface area contributed by atoms with Crippen LogP contribution in [0.4, 0.5) is 0 Å². The van der Waals surface area contributed by atoms with Gasteiger partial charge in [-0.05, 0) is 42.8 Å². The number of nitrogens with zero attached hydrogens (tertiary/aromatic N) is 3. The zero-order valence-electron chi connectivity index (χ0n) is 16.3. The molecule has 3 aromatic rings. The van der Waals surface area contributed by atoms with Gasteiger partial charge in [0.1, 0.15) is 11.6 Å². The summed E-state index contributed by atoms with van der Waals surface area (Å²) in [7, 11) is 1.64. The van der Waals surface area contributed by atoms with E-state index in [0.29, 0.717) is 35.7 Å². The first-order chi connectivity index (χ1) is 13.7. The smallest absolute Gasteiger partial charge is 0.191 e. The SMILES string of the molecule is CCNC(=NCc1ccccc1Cl)NCc1nc(-c2ccc(OC)cc2)n[nH]1.I. The van der Waals surface area contributed by atoms with Gasteiger partial charge in [-0.2, -0.15) is 5.10 Å². The number of methoxy groups -OCH3 is 1. The zero-order valence-corrected chi connectivity index (χ0v) is 19.4. The van der Waals surface area contributed by atoms with Gasteiger partial charge in [-0.3, -0.25) is 5.10 Å². The molecule has 0 atom stereocenters. The van der Waals surface area contributed by atoms with Crippen LogP contribution < -0.4 is 15.4 Å². The molecule has 29 heavy (non-hydrogen) atoms. The number of rotatable bonds is 7. The number of ether oxygens (including phenoxy) is 1. The summed E-state index contributed by atoms with van der Waals surface area (Å²) < 4.78 is 5.17. The fraction of sp³-hybridized carbons (Fsp3) is 0.250. The highest BCUT2D eigenvalue weighted by Gasteiger charge is 2.07. The molecule has 0 spiro atoms. The van der Waals surface area contributed by atoms with Crippen molar-refractivity contribution in [3.8, 4) is 17.1 Å². The van der Waals surface area contributed by atoms with Crippen LogP contribution in [0.25, 0.3) is 11.4 Å². The molecule has 1 aromatic heterocycles. The number of hydrogen-bond acceptors (Lipinski definition) is 4. The lowest BCUT2D eigenvalue weighted by Gasteiger charge is -2.10. The van der Waals surface area contributed by atoms with Crippen LogP contribution in [0.15, 0.2) is 53.5 Å². The predicted molar refractivity (Wildman–Crippen MR) is 127 cm³/mol. The second kappa shape index (κ2) is 11.6. The van der Waals surface area contributed by atoms with Crippen LogP contribution in [-0.4, -0.2) is 34.8 Å². The highest BCUT2D eigenvalue weighted by Crippen LogP contribution is 2.19. The molecule has 0 fully saturated rings. The molecule has 9 heteroatoms. The second-order valence-electron chi connectivity index (χ2n) is 5.97. The van der Waals surface area contributed by atoms with Crippen molar-refractivity contribution >= 4 is 41.5 Å². The molecule has 0 amide bonds. The molecular weight excluding hydrogens is 503 g/mol. The molecule has 154 valence electrons. The highest BCUT2D eigenvalue weighted by molar-refractivity contribution is 14.0. The lowest BCUT2D eigenvalue weighted by molar-refractivity contribution is 0.415. The third kappa shape index (κ3) is 6.60. The Morgan fingerprint density at radius 1 is 1.14 bits per heavy atom. The summed E-state index contributed by atoms with van der Waals surface area (Å²) in [6.45, 7) is 3.73. The maximum absolute atomic E-state index is 6.20. The van der Waals surface area contributed by atoms with Crippen molar-refractivity contribution in [3.05, 3.63) is 64.9 Å². The molecule has 0 saturated heterocycles. The van der Waals surface area contributed by atoms with E-state index in [1.54, 1.807) is 7.11 Å². The maximum Gasteiger partial charge on any atom is 0.191 e. The molecule has 0 saturated carbocycles. The van der Waals surface area contributed by atoms with Gasteiger partial charge in [0, 0.05) is 17.1 Å². The normalized spacial score (nSPS) is 10.9. The molecule has 2 aromatic carbocycles. The van der Waals surface area contributed by atoms with Crippen molar-refractivity contribution in [3.63, 3.8) is 0 Å². The van der Waals surface area contributed by atoms with Crippen molar-refractivity contribution in [1.82, 2.24) is 25.8 Å². The van der Waals surface area contributed by atoms with Gasteiger partial charge in [-0.15, -0.1) is 24.0 Å². The summed E-state index contributed by atoms with van der Waals surface area (Å²) in [5.74, 6) is 2.84. The number of aromatic nitrogens is 3. The molecule has 1 heterocycles. The standard InChI is InChI=1S/C20H23ClN6O.HI/c1-3-22-20(23-12-15-6-4-5-7-17(15)21)24-13-18-25-19(27-26-18)14-8-10-16(28-2)11-9-14;/h4-11H,3,12-13H2,1-2H3,(H2,22,23,24)(H,25,26,27);1H. The van der Waals surface area contributed by atoms with Gasteiger partial charge in [0.15, 0.2) is 11.8 Å². The van der Waals surface area contributed by atoms with Crippen LogP contribution in [0.5, 0.6) is 5.75 Å². The van der Waals surface area contributed by atoms with Crippen LogP contribution in [0.3, 0.4) is 0 Å². The number of nitrogens with one attached hydrogen (secondary N) is 3. The van der Waals surface area contributed by atoms with Crippen molar-refractivity contribution < 1.29 is 4.74 Å². The molecule has 0 bridgehead atoms. The topological polar surface area (TPSA) is 87.2 Å². The minimum atomic E-state index is 0. The first-order valence-corrected chi connectivity index (χ1v) is 9.38. The summed E-state index contributed by atoms with van der Waals surface area (Å²) >= 11 is 6.20. The molecule has 0 radical (unpaired) electrons. The Balaban J connectivity index is 0.00000300. The predicted octanol–water partition coefficient (Wildman–Crippen LogP) is 4.01. The van der Waals surface area contributed by atoms with E-state index in [2.05, 4.69) is 30.8 Å². The Labute approximate surface area is 192 Å². The van der Waals surface area contributed by atoms with Crippen LogP contribution in [0.1, 0.15) is 18.3 Å². The molecule has 7 nitrogen and oxygen atoms in total. The van der Waals surface area contributed by atoms with Crippen molar-refractivity contribution in [2.75, 3.05) is 13.7 Å². The van der Waals surface area contributed by atoms with E-state index >= 15 is 0 Å². The summed E-state index contributed by atoms with van der Waals surface area (Å²) in [5.41, 5.74) is 1.89. The van der Waals surface area contributed by atoms with Gasteiger partial charge < -0.3 is 15.4 Å². The van der Waals surface area contributed by atoms with Crippen LogP contribution in [-0.2, 0) is 13.1 Å². The lowest BCUT2D eigenvalue weighted by atomic mass is 10.2. The monoisotopic (exact) mass is 526 g/mol. The molecule has 0 aliphatic rings. The number of guanidine groups is 1. The van der Waals surface area contributed by atoms with E-state index < -0.39 is 0 Å². The van der Waals surface area contributed by atoms with E-state index in [4.69, 9.17) is 16.3 Å². The van der Waals surface area contributed by atoms with Gasteiger partial charge in [0.05, 0.1) is 20.2 Å². The van der Waals surface area contributed by atoms with Crippen LogP contribution in [0, 0.1) is 0 Å². The van der Waals surface area contributed by atoms with Gasteiger partial charge in [0.25, 0.3) is 0 Å². The van der Waals surface area contributed by atoms with Crippen molar-refractivity contribution in [1.29, 1.82) is 0 Å². The second-order valence-corrected chi connectivity index (χ2v) is 6.38. The first kappa shape index (κ1) is 23.0. The van der Waals surface area contributed by atoms with Crippen LogP contribution in [0.2, 0.25) is 5.02 Å². The minimum absolute atomic E-state index is 0. The summed E-state index contributed by atoms with van der Waals surface area (Å²) in [6, 6.07) is 15.3. The van der Waals surface area contributed by atoms with Gasteiger partial charge >= 0.3 is 0 Å². The number of hydrogen-bond donors (Lipinski definition) is 3. The van der Waals surface area contributed by atoms with Gasteiger partial charge in [0.2, 0.25) is 0 Å². The Kier molecular flexibility index (Phi) is 9.20. The van der Waals surface area contributed by atoms with E-state index in [1.165, 1.54) is 0 Å². The fourth-order valence-electron chi connectivity index (χ4n) is 2.54. The van der Waals surface area contributed by atoms with Gasteiger partial charge in [-0.25, -0.2) is 9.98 Å². The molecule has 0 aliphatic carbocycles. The average molecular weight is 527 g/mol. The molecule has 3 N–H and O–H groups in total.